The Morgan fingerprint density at radius 1 is 1.25 bits per heavy atom. The Kier molecular flexibility index (Phi) is 3.87. The van der Waals surface area contributed by atoms with E-state index in [9.17, 15) is 9.18 Å². The first-order valence-electron chi connectivity index (χ1n) is 8.67. The van der Waals surface area contributed by atoms with Gasteiger partial charge in [0.05, 0.1) is 0 Å². The number of nitrogens with zero attached hydrogens (tertiary/aromatic N) is 3. The lowest BCUT2D eigenvalue weighted by Crippen LogP contribution is -2.30. The third-order valence-corrected chi connectivity index (χ3v) is 5.13. The van der Waals surface area contributed by atoms with Crippen LogP contribution in [0.1, 0.15) is 42.3 Å². The zero-order valence-electron chi connectivity index (χ0n) is 13.9. The summed E-state index contributed by atoms with van der Waals surface area (Å²) in [5, 5.41) is 0. The number of likely N-dealkylation sites (tertiary alicyclic amines) is 1. The van der Waals surface area contributed by atoms with Crippen molar-refractivity contribution < 1.29 is 9.18 Å². The van der Waals surface area contributed by atoms with Gasteiger partial charge in [-0.05, 0) is 43.9 Å². The molecule has 24 heavy (non-hydrogen) atoms. The highest BCUT2D eigenvalue weighted by Gasteiger charge is 2.37. The molecule has 1 saturated carbocycles. The van der Waals surface area contributed by atoms with Crippen LogP contribution in [-0.4, -0.2) is 33.4 Å². The summed E-state index contributed by atoms with van der Waals surface area (Å²) >= 11 is 0. The molecule has 1 aliphatic carbocycles. The van der Waals surface area contributed by atoms with E-state index in [0.717, 1.165) is 49.4 Å². The van der Waals surface area contributed by atoms with Gasteiger partial charge in [0.2, 0.25) is 5.91 Å². The standard InChI is InChI=1S/C19H22FN3O/c1-13-10-21-18(23(13)11-14-2-6-17(20)7-3-14)16-8-9-22(12-16)19(24)15-4-5-15/h2-3,6-7,10,15-16H,4-5,8-9,11-12H2,1H3. The van der Waals surface area contributed by atoms with Gasteiger partial charge >= 0.3 is 0 Å². The van der Waals surface area contributed by atoms with Gasteiger partial charge in [-0.3, -0.25) is 4.79 Å². The van der Waals surface area contributed by atoms with Crippen molar-refractivity contribution in [1.82, 2.24) is 14.5 Å². The molecule has 126 valence electrons. The maximum atomic E-state index is 13.1. The summed E-state index contributed by atoms with van der Waals surface area (Å²) < 4.78 is 15.3. The quantitative estimate of drug-likeness (QED) is 0.865. The Morgan fingerprint density at radius 3 is 2.71 bits per heavy atom. The summed E-state index contributed by atoms with van der Waals surface area (Å²) in [5.74, 6) is 1.73. The van der Waals surface area contributed by atoms with Gasteiger partial charge in [-0.1, -0.05) is 12.1 Å². The van der Waals surface area contributed by atoms with Gasteiger partial charge in [-0.25, -0.2) is 9.37 Å². The van der Waals surface area contributed by atoms with E-state index in [1.807, 2.05) is 30.2 Å². The van der Waals surface area contributed by atoms with E-state index in [0.29, 0.717) is 18.4 Å². The minimum Gasteiger partial charge on any atom is -0.342 e. The lowest BCUT2D eigenvalue weighted by atomic mass is 10.1. The van der Waals surface area contributed by atoms with Crippen LogP contribution in [0, 0.1) is 18.7 Å². The van der Waals surface area contributed by atoms with Gasteiger partial charge in [-0.2, -0.15) is 0 Å². The van der Waals surface area contributed by atoms with E-state index in [1.54, 1.807) is 0 Å². The number of rotatable bonds is 4. The smallest absolute Gasteiger partial charge is 0.225 e. The molecule has 0 spiro atoms. The normalized spacial score (nSPS) is 20.6. The number of hydrogen-bond acceptors (Lipinski definition) is 2. The molecule has 1 aliphatic heterocycles. The van der Waals surface area contributed by atoms with Crippen LogP contribution >= 0.6 is 0 Å². The molecule has 4 rings (SSSR count). The Morgan fingerprint density at radius 2 is 2.00 bits per heavy atom. The van der Waals surface area contributed by atoms with Crippen molar-refractivity contribution in [3.8, 4) is 0 Å². The first-order chi connectivity index (χ1) is 11.6. The summed E-state index contributed by atoms with van der Waals surface area (Å²) in [6, 6.07) is 6.62. The van der Waals surface area contributed by atoms with Crippen molar-refractivity contribution in [2.75, 3.05) is 13.1 Å². The van der Waals surface area contributed by atoms with Gasteiger partial charge < -0.3 is 9.47 Å². The van der Waals surface area contributed by atoms with Crippen molar-refractivity contribution in [3.05, 3.63) is 53.4 Å². The Labute approximate surface area is 141 Å². The highest BCUT2D eigenvalue weighted by Crippen LogP contribution is 2.35. The zero-order chi connectivity index (χ0) is 16.7. The largest absolute Gasteiger partial charge is 0.342 e. The molecule has 2 heterocycles. The predicted octanol–water partition coefficient (Wildman–Crippen LogP) is 3.10. The third kappa shape index (κ3) is 2.95. The monoisotopic (exact) mass is 327 g/mol. The number of halogens is 1. The molecule has 2 fully saturated rings. The molecule has 0 bridgehead atoms. The first-order valence-corrected chi connectivity index (χ1v) is 8.67. The summed E-state index contributed by atoms with van der Waals surface area (Å²) in [5.41, 5.74) is 2.16. The van der Waals surface area contributed by atoms with E-state index in [1.165, 1.54) is 12.1 Å². The maximum absolute atomic E-state index is 13.1. The predicted molar refractivity (Wildman–Crippen MR) is 89.1 cm³/mol. The molecule has 1 atom stereocenters. The van der Waals surface area contributed by atoms with E-state index in [2.05, 4.69) is 9.55 Å². The van der Waals surface area contributed by atoms with Gasteiger partial charge in [0.1, 0.15) is 11.6 Å². The first kappa shape index (κ1) is 15.4. The molecule has 2 aliphatic rings. The van der Waals surface area contributed by atoms with Crippen LogP contribution in [0.2, 0.25) is 0 Å². The fourth-order valence-electron chi connectivity index (χ4n) is 3.54. The van der Waals surface area contributed by atoms with Crippen LogP contribution < -0.4 is 0 Å². The number of imidazole rings is 1. The number of aryl methyl sites for hydroxylation is 1. The lowest BCUT2D eigenvalue weighted by molar-refractivity contribution is -0.131. The Balaban J connectivity index is 1.52. The van der Waals surface area contributed by atoms with Crippen molar-refractivity contribution in [3.63, 3.8) is 0 Å². The topological polar surface area (TPSA) is 38.1 Å². The number of carbonyl (C=O) groups excluding carboxylic acids is 1. The highest BCUT2D eigenvalue weighted by atomic mass is 19.1. The van der Waals surface area contributed by atoms with Gasteiger partial charge in [0.15, 0.2) is 0 Å². The number of benzene rings is 1. The molecular formula is C19H22FN3O. The van der Waals surface area contributed by atoms with Crippen molar-refractivity contribution in [2.45, 2.75) is 38.6 Å². The van der Waals surface area contributed by atoms with Crippen molar-refractivity contribution in [1.29, 1.82) is 0 Å². The van der Waals surface area contributed by atoms with E-state index < -0.39 is 0 Å². The van der Waals surface area contributed by atoms with Crippen LogP contribution in [0.4, 0.5) is 4.39 Å². The number of amides is 1. The average Bonchev–Trinajstić information content (AvgIpc) is 3.21. The van der Waals surface area contributed by atoms with Gasteiger partial charge in [0, 0.05) is 43.4 Å². The van der Waals surface area contributed by atoms with E-state index in [-0.39, 0.29) is 11.7 Å². The van der Waals surface area contributed by atoms with Crippen LogP contribution in [0.3, 0.4) is 0 Å². The van der Waals surface area contributed by atoms with Crippen LogP contribution in [-0.2, 0) is 11.3 Å². The van der Waals surface area contributed by atoms with E-state index in [4.69, 9.17) is 0 Å². The molecule has 1 aromatic heterocycles. The Bertz CT molecular complexity index is 748. The minimum atomic E-state index is -0.216. The fourth-order valence-corrected chi connectivity index (χ4v) is 3.54. The molecule has 1 aromatic carbocycles. The summed E-state index contributed by atoms with van der Waals surface area (Å²) in [4.78, 5) is 18.9. The van der Waals surface area contributed by atoms with Crippen LogP contribution in [0.5, 0.6) is 0 Å². The lowest BCUT2D eigenvalue weighted by Gasteiger charge is -2.17. The highest BCUT2D eigenvalue weighted by molar-refractivity contribution is 5.81. The van der Waals surface area contributed by atoms with Crippen LogP contribution in [0.15, 0.2) is 30.5 Å². The van der Waals surface area contributed by atoms with Crippen molar-refractivity contribution >= 4 is 5.91 Å². The van der Waals surface area contributed by atoms with Crippen LogP contribution in [0.25, 0.3) is 0 Å². The second kappa shape index (κ2) is 6.04. The SMILES string of the molecule is Cc1cnc(C2CCN(C(=O)C3CC3)C2)n1Cc1ccc(F)cc1. The molecule has 0 radical (unpaired) electrons. The molecule has 1 saturated heterocycles. The fraction of sp³-hybridized carbons (Fsp3) is 0.474. The molecule has 1 unspecified atom stereocenters. The molecule has 2 aromatic rings. The summed E-state index contributed by atoms with van der Waals surface area (Å²) in [6.45, 7) is 4.34. The second-order valence-electron chi connectivity index (χ2n) is 7.01. The Hall–Kier alpha value is -2.17. The maximum Gasteiger partial charge on any atom is 0.225 e. The number of aromatic nitrogens is 2. The minimum absolute atomic E-state index is 0.216. The molecule has 0 N–H and O–H groups in total. The average molecular weight is 327 g/mol. The van der Waals surface area contributed by atoms with Gasteiger partial charge in [-0.15, -0.1) is 0 Å². The molecule has 5 heteroatoms. The third-order valence-electron chi connectivity index (χ3n) is 5.13. The number of hydrogen-bond donors (Lipinski definition) is 0. The molecule has 1 amide bonds. The molecule has 4 nitrogen and oxygen atoms in total. The van der Waals surface area contributed by atoms with E-state index >= 15 is 0 Å². The molecular weight excluding hydrogens is 305 g/mol. The summed E-state index contributed by atoms with van der Waals surface area (Å²) in [7, 11) is 0. The number of carbonyl (C=O) groups is 1. The summed E-state index contributed by atoms with van der Waals surface area (Å²) in [6.07, 6.45) is 4.97. The second-order valence-corrected chi connectivity index (χ2v) is 7.01. The van der Waals surface area contributed by atoms with Crippen molar-refractivity contribution in [2.24, 2.45) is 5.92 Å². The zero-order valence-corrected chi connectivity index (χ0v) is 13.9. The van der Waals surface area contributed by atoms with Gasteiger partial charge in [0.25, 0.3) is 0 Å².